The smallest absolute Gasteiger partial charge is 0.167 e. The van der Waals surface area contributed by atoms with E-state index in [1.807, 2.05) is 0 Å². The normalized spacial score (nSPS) is 9.95. The van der Waals surface area contributed by atoms with Gasteiger partial charge in [0.25, 0.3) is 0 Å². The molecule has 0 heterocycles. The quantitative estimate of drug-likeness (QED) is 0.823. The van der Waals surface area contributed by atoms with E-state index in [1.54, 1.807) is 37.3 Å². The van der Waals surface area contributed by atoms with Crippen LogP contribution in [0.1, 0.15) is 12.5 Å². The van der Waals surface area contributed by atoms with Crippen molar-refractivity contribution in [2.45, 2.75) is 13.3 Å². The van der Waals surface area contributed by atoms with Crippen LogP contribution in [0.25, 0.3) is 0 Å². The maximum atomic E-state index is 13.8. The second-order valence-electron chi connectivity index (χ2n) is 4.45. The van der Waals surface area contributed by atoms with Gasteiger partial charge >= 0.3 is 0 Å². The van der Waals surface area contributed by atoms with E-state index in [-0.39, 0.29) is 12.2 Å². The summed E-state index contributed by atoms with van der Waals surface area (Å²) in [6, 6.07) is 12.0. The van der Waals surface area contributed by atoms with Crippen LogP contribution >= 0.6 is 0 Å². The highest BCUT2D eigenvalue weighted by atomic mass is 19.1. The lowest BCUT2D eigenvalue weighted by Crippen LogP contribution is -1.98. The molecule has 0 unspecified atom stereocenters. The maximum Gasteiger partial charge on any atom is 0.167 e. The molecule has 0 atom stereocenters. The summed E-state index contributed by atoms with van der Waals surface area (Å²) >= 11 is 0. The van der Waals surface area contributed by atoms with Crippen LogP contribution in [0.2, 0.25) is 0 Å². The Bertz CT molecular complexity index is 680. The molecule has 0 aliphatic heterocycles. The van der Waals surface area contributed by atoms with Crippen LogP contribution in [0.4, 0.5) is 21.5 Å². The number of nitrogens with one attached hydrogen (secondary N) is 1. The predicted octanol–water partition coefficient (Wildman–Crippen LogP) is 3.62. The lowest BCUT2D eigenvalue weighted by atomic mass is 10.1. The molecule has 5 heteroatoms. The molecule has 3 N–H and O–H groups in total. The summed E-state index contributed by atoms with van der Waals surface area (Å²) in [6.07, 6.45) is 0.235. The van der Waals surface area contributed by atoms with Crippen molar-refractivity contribution < 1.29 is 9.13 Å². The Morgan fingerprint density at radius 2 is 1.95 bits per heavy atom. The van der Waals surface area contributed by atoms with Gasteiger partial charge in [0, 0.05) is 23.1 Å². The maximum absolute atomic E-state index is 13.8. The molecule has 0 aromatic heterocycles. The van der Waals surface area contributed by atoms with Gasteiger partial charge in [0.05, 0.1) is 19.1 Å². The number of benzene rings is 2. The first-order valence-electron chi connectivity index (χ1n) is 6.58. The topological polar surface area (TPSA) is 71.1 Å². The number of nitrogens with two attached hydrogens (primary N) is 1. The Kier molecular flexibility index (Phi) is 4.62. The third-order valence-electron chi connectivity index (χ3n) is 2.93. The molecular formula is C16H16FN3O. The Balaban J connectivity index is 2.20. The molecule has 21 heavy (non-hydrogen) atoms. The van der Waals surface area contributed by atoms with Crippen molar-refractivity contribution in [1.29, 1.82) is 5.26 Å². The van der Waals surface area contributed by atoms with E-state index in [1.165, 1.54) is 6.07 Å². The van der Waals surface area contributed by atoms with E-state index in [4.69, 9.17) is 15.7 Å². The zero-order chi connectivity index (χ0) is 15.2. The summed E-state index contributed by atoms with van der Waals surface area (Å²) in [6.45, 7) is 2.22. The molecule has 0 aliphatic rings. The molecular weight excluding hydrogens is 269 g/mol. The lowest BCUT2D eigenvalue weighted by molar-refractivity contribution is 0.321. The van der Waals surface area contributed by atoms with Gasteiger partial charge in [0.1, 0.15) is 0 Å². The molecule has 2 rings (SSSR count). The van der Waals surface area contributed by atoms with Crippen molar-refractivity contribution >= 4 is 17.1 Å². The van der Waals surface area contributed by atoms with Crippen LogP contribution in [0, 0.1) is 17.1 Å². The number of ether oxygens (including phenoxy) is 1. The van der Waals surface area contributed by atoms with Crippen molar-refractivity contribution in [1.82, 2.24) is 0 Å². The van der Waals surface area contributed by atoms with Crippen LogP contribution in [0.5, 0.6) is 5.75 Å². The molecule has 0 saturated heterocycles. The molecule has 0 fully saturated rings. The Morgan fingerprint density at radius 1 is 1.24 bits per heavy atom. The number of hydrogen-bond donors (Lipinski definition) is 2. The van der Waals surface area contributed by atoms with E-state index in [9.17, 15) is 4.39 Å². The summed E-state index contributed by atoms with van der Waals surface area (Å²) in [7, 11) is 0. The Morgan fingerprint density at radius 3 is 2.62 bits per heavy atom. The molecule has 0 aliphatic carbocycles. The number of hydrogen-bond acceptors (Lipinski definition) is 4. The molecule has 0 amide bonds. The van der Waals surface area contributed by atoms with Crippen LogP contribution in [-0.4, -0.2) is 6.61 Å². The molecule has 0 radical (unpaired) electrons. The summed E-state index contributed by atoms with van der Waals surface area (Å²) < 4.78 is 18.9. The first kappa shape index (κ1) is 14.7. The molecule has 0 spiro atoms. The molecule has 2 aromatic carbocycles. The number of anilines is 3. The fourth-order valence-corrected chi connectivity index (χ4v) is 1.94. The van der Waals surface area contributed by atoms with Gasteiger partial charge < -0.3 is 15.8 Å². The minimum absolute atomic E-state index is 0.227. The van der Waals surface area contributed by atoms with Gasteiger partial charge in [-0.3, -0.25) is 0 Å². The van der Waals surface area contributed by atoms with Gasteiger partial charge in [-0.05, 0) is 42.8 Å². The van der Waals surface area contributed by atoms with Crippen LogP contribution in [0.3, 0.4) is 0 Å². The highest BCUT2D eigenvalue weighted by molar-refractivity contribution is 5.65. The van der Waals surface area contributed by atoms with E-state index in [2.05, 4.69) is 11.4 Å². The van der Waals surface area contributed by atoms with Gasteiger partial charge in [-0.25, -0.2) is 4.39 Å². The second-order valence-corrected chi connectivity index (χ2v) is 4.45. The summed E-state index contributed by atoms with van der Waals surface area (Å²) in [5.41, 5.74) is 8.45. The van der Waals surface area contributed by atoms with Crippen molar-refractivity contribution in [2.75, 3.05) is 17.7 Å². The monoisotopic (exact) mass is 285 g/mol. The predicted molar refractivity (Wildman–Crippen MR) is 81.0 cm³/mol. The van der Waals surface area contributed by atoms with Gasteiger partial charge in [0.15, 0.2) is 11.6 Å². The Hall–Kier alpha value is -2.74. The highest BCUT2D eigenvalue weighted by Gasteiger charge is 2.06. The van der Waals surface area contributed by atoms with E-state index in [0.717, 1.165) is 11.3 Å². The third kappa shape index (κ3) is 3.63. The van der Waals surface area contributed by atoms with Crippen molar-refractivity contribution in [3.05, 3.63) is 47.8 Å². The average molecular weight is 285 g/mol. The Labute approximate surface area is 123 Å². The fraction of sp³-hybridized carbons (Fsp3) is 0.188. The van der Waals surface area contributed by atoms with Gasteiger partial charge in [-0.1, -0.05) is 0 Å². The number of nitriles is 1. The third-order valence-corrected chi connectivity index (χ3v) is 2.93. The number of nitrogen functional groups attached to an aromatic ring is 1. The first-order chi connectivity index (χ1) is 10.1. The van der Waals surface area contributed by atoms with E-state index in [0.29, 0.717) is 18.0 Å². The average Bonchev–Trinajstić information content (AvgIpc) is 2.46. The molecule has 0 saturated carbocycles. The van der Waals surface area contributed by atoms with Crippen molar-refractivity contribution in [3.63, 3.8) is 0 Å². The second kappa shape index (κ2) is 6.62. The van der Waals surface area contributed by atoms with Crippen molar-refractivity contribution in [3.8, 4) is 11.8 Å². The van der Waals surface area contributed by atoms with Gasteiger partial charge in [0.2, 0.25) is 0 Å². The fourth-order valence-electron chi connectivity index (χ4n) is 1.94. The van der Waals surface area contributed by atoms with Crippen molar-refractivity contribution in [2.24, 2.45) is 0 Å². The van der Waals surface area contributed by atoms with Crippen LogP contribution in [-0.2, 0) is 6.42 Å². The SMILES string of the molecule is CCOc1ccc(Nc2ccc(N)c(CC#N)c2)cc1F. The summed E-state index contributed by atoms with van der Waals surface area (Å²) in [4.78, 5) is 0. The number of rotatable bonds is 5. The van der Waals surface area contributed by atoms with Crippen LogP contribution in [0.15, 0.2) is 36.4 Å². The standard InChI is InChI=1S/C16H16FN3O/c1-2-21-16-6-4-13(10-14(16)17)20-12-3-5-15(19)11(9-12)7-8-18/h3-6,9-10,20H,2,7,19H2,1H3. The van der Waals surface area contributed by atoms with E-state index < -0.39 is 5.82 Å². The minimum atomic E-state index is -0.422. The molecule has 2 aromatic rings. The number of halogens is 1. The largest absolute Gasteiger partial charge is 0.491 e. The minimum Gasteiger partial charge on any atom is -0.491 e. The molecule has 0 bridgehead atoms. The zero-order valence-electron chi connectivity index (χ0n) is 11.7. The zero-order valence-corrected chi connectivity index (χ0v) is 11.7. The lowest BCUT2D eigenvalue weighted by Gasteiger charge is -2.11. The number of nitrogens with zero attached hydrogens (tertiary/aromatic N) is 1. The summed E-state index contributed by atoms with van der Waals surface area (Å²) in [5.74, 6) is -0.194. The highest BCUT2D eigenvalue weighted by Crippen LogP contribution is 2.25. The molecule has 4 nitrogen and oxygen atoms in total. The van der Waals surface area contributed by atoms with Gasteiger partial charge in [-0.15, -0.1) is 0 Å². The molecule has 108 valence electrons. The summed E-state index contributed by atoms with van der Waals surface area (Å²) in [5, 5.41) is 11.8. The first-order valence-corrected chi connectivity index (χ1v) is 6.58. The van der Waals surface area contributed by atoms with E-state index >= 15 is 0 Å². The van der Waals surface area contributed by atoms with Gasteiger partial charge in [-0.2, -0.15) is 5.26 Å². The van der Waals surface area contributed by atoms with Crippen LogP contribution < -0.4 is 15.8 Å².